The minimum Gasteiger partial charge on any atom is -0.507 e. The van der Waals surface area contributed by atoms with E-state index in [1.54, 1.807) is 24.5 Å². The van der Waals surface area contributed by atoms with Gasteiger partial charge in [0.15, 0.2) is 0 Å². The number of para-hydroxylation sites is 1. The van der Waals surface area contributed by atoms with Crippen LogP contribution >= 0.6 is 11.3 Å². The maximum Gasteiger partial charge on any atom is 0.227 e. The average Bonchev–Trinajstić information content (AvgIpc) is 3.17. The molecule has 0 fully saturated rings. The van der Waals surface area contributed by atoms with Crippen LogP contribution in [-0.2, 0) is 0 Å². The van der Waals surface area contributed by atoms with Crippen molar-refractivity contribution in [1.29, 1.82) is 0 Å². The summed E-state index contributed by atoms with van der Waals surface area (Å²) in [5.74, 6) is 0.754. The first-order valence-corrected chi connectivity index (χ1v) is 8.56. The maximum absolute atomic E-state index is 10.0. The third-order valence-corrected chi connectivity index (χ3v) is 4.44. The first-order chi connectivity index (χ1) is 12.3. The van der Waals surface area contributed by atoms with Gasteiger partial charge in [-0.2, -0.15) is 0 Å². The van der Waals surface area contributed by atoms with Crippen molar-refractivity contribution in [3.63, 3.8) is 0 Å². The SMILES string of the molecule is Oc1ccccc1-c1cccc(Nc2nccc(-c3nccs3)n2)c1. The molecule has 4 rings (SSSR count). The van der Waals surface area contributed by atoms with Crippen LogP contribution in [0.5, 0.6) is 5.75 Å². The van der Waals surface area contributed by atoms with Crippen LogP contribution in [0, 0.1) is 0 Å². The van der Waals surface area contributed by atoms with Crippen LogP contribution in [0.2, 0.25) is 0 Å². The van der Waals surface area contributed by atoms with Crippen LogP contribution in [0.4, 0.5) is 11.6 Å². The molecule has 2 heterocycles. The quantitative estimate of drug-likeness (QED) is 0.560. The molecule has 0 unspecified atom stereocenters. The molecule has 0 saturated heterocycles. The van der Waals surface area contributed by atoms with Crippen LogP contribution in [0.1, 0.15) is 0 Å². The number of benzene rings is 2. The molecular formula is C19H14N4OS. The van der Waals surface area contributed by atoms with E-state index in [0.717, 1.165) is 27.5 Å². The molecule has 0 bridgehead atoms. The molecule has 2 N–H and O–H groups in total. The number of rotatable bonds is 4. The Morgan fingerprint density at radius 1 is 0.920 bits per heavy atom. The first kappa shape index (κ1) is 15.3. The van der Waals surface area contributed by atoms with Crippen molar-refractivity contribution >= 4 is 23.0 Å². The van der Waals surface area contributed by atoms with Crippen molar-refractivity contribution in [2.24, 2.45) is 0 Å². The van der Waals surface area contributed by atoms with Crippen molar-refractivity contribution in [2.75, 3.05) is 5.32 Å². The summed E-state index contributed by atoms with van der Waals surface area (Å²) in [7, 11) is 0. The molecule has 6 heteroatoms. The van der Waals surface area contributed by atoms with Gasteiger partial charge >= 0.3 is 0 Å². The largest absolute Gasteiger partial charge is 0.507 e. The third-order valence-electron chi connectivity index (χ3n) is 3.64. The monoisotopic (exact) mass is 346 g/mol. The Morgan fingerprint density at radius 3 is 2.68 bits per heavy atom. The molecule has 0 aliphatic heterocycles. The second-order valence-electron chi connectivity index (χ2n) is 5.33. The number of nitrogens with zero attached hydrogens (tertiary/aromatic N) is 3. The van der Waals surface area contributed by atoms with Gasteiger partial charge in [0.25, 0.3) is 0 Å². The first-order valence-electron chi connectivity index (χ1n) is 7.68. The molecule has 5 nitrogen and oxygen atoms in total. The number of hydrogen-bond acceptors (Lipinski definition) is 6. The summed E-state index contributed by atoms with van der Waals surface area (Å²) in [6.45, 7) is 0. The van der Waals surface area contributed by atoms with E-state index in [1.807, 2.05) is 47.8 Å². The Labute approximate surface area is 148 Å². The fourth-order valence-electron chi connectivity index (χ4n) is 2.50. The lowest BCUT2D eigenvalue weighted by molar-refractivity contribution is 0.477. The number of phenols is 1. The summed E-state index contributed by atoms with van der Waals surface area (Å²) < 4.78 is 0. The summed E-state index contributed by atoms with van der Waals surface area (Å²) in [6.07, 6.45) is 3.46. The van der Waals surface area contributed by atoms with E-state index in [4.69, 9.17) is 0 Å². The number of nitrogens with one attached hydrogen (secondary N) is 1. The lowest BCUT2D eigenvalue weighted by Gasteiger charge is -2.09. The van der Waals surface area contributed by atoms with Gasteiger partial charge in [0.2, 0.25) is 5.95 Å². The molecule has 0 spiro atoms. The Balaban J connectivity index is 1.63. The van der Waals surface area contributed by atoms with Gasteiger partial charge in [-0.3, -0.25) is 0 Å². The van der Waals surface area contributed by atoms with Gasteiger partial charge in [-0.15, -0.1) is 11.3 Å². The second kappa shape index (κ2) is 6.70. The van der Waals surface area contributed by atoms with Gasteiger partial charge in [0.05, 0.1) is 0 Å². The molecule has 0 amide bonds. The number of thiazole rings is 1. The number of phenolic OH excluding ortho intramolecular Hbond substituents is 1. The molecule has 122 valence electrons. The molecule has 0 radical (unpaired) electrons. The topological polar surface area (TPSA) is 70.9 Å². The van der Waals surface area contributed by atoms with Gasteiger partial charge < -0.3 is 10.4 Å². The van der Waals surface area contributed by atoms with E-state index in [2.05, 4.69) is 20.3 Å². The highest BCUT2D eigenvalue weighted by Gasteiger charge is 2.07. The normalized spacial score (nSPS) is 10.6. The zero-order chi connectivity index (χ0) is 17.1. The van der Waals surface area contributed by atoms with Crippen LogP contribution in [0.15, 0.2) is 72.4 Å². The van der Waals surface area contributed by atoms with Crippen molar-refractivity contribution < 1.29 is 5.11 Å². The Bertz CT molecular complexity index is 1000. The van der Waals surface area contributed by atoms with Crippen LogP contribution in [0.25, 0.3) is 21.8 Å². The molecule has 0 atom stereocenters. The highest BCUT2D eigenvalue weighted by molar-refractivity contribution is 7.13. The van der Waals surface area contributed by atoms with E-state index in [1.165, 1.54) is 11.3 Å². The lowest BCUT2D eigenvalue weighted by Crippen LogP contribution is -1.98. The Morgan fingerprint density at radius 2 is 1.84 bits per heavy atom. The van der Waals surface area contributed by atoms with E-state index in [0.29, 0.717) is 5.95 Å². The summed E-state index contributed by atoms with van der Waals surface area (Å²) in [5.41, 5.74) is 3.32. The lowest BCUT2D eigenvalue weighted by atomic mass is 10.0. The Kier molecular flexibility index (Phi) is 4.10. The molecule has 0 aliphatic rings. The second-order valence-corrected chi connectivity index (χ2v) is 6.22. The van der Waals surface area contributed by atoms with Crippen LogP contribution in [0.3, 0.4) is 0 Å². The number of aromatic hydroxyl groups is 1. The number of anilines is 2. The van der Waals surface area contributed by atoms with E-state index >= 15 is 0 Å². The maximum atomic E-state index is 10.0. The van der Waals surface area contributed by atoms with Gasteiger partial charge in [0, 0.05) is 29.0 Å². The highest BCUT2D eigenvalue weighted by Crippen LogP contribution is 2.30. The van der Waals surface area contributed by atoms with Gasteiger partial charge in [-0.05, 0) is 29.8 Å². The molecule has 25 heavy (non-hydrogen) atoms. The molecule has 0 aliphatic carbocycles. The van der Waals surface area contributed by atoms with Gasteiger partial charge in [-0.1, -0.05) is 30.3 Å². The number of hydrogen-bond donors (Lipinski definition) is 2. The third kappa shape index (κ3) is 3.34. The van der Waals surface area contributed by atoms with Crippen LogP contribution in [-0.4, -0.2) is 20.1 Å². The standard InChI is InChI=1S/C19H14N4OS/c24-17-7-2-1-6-15(17)13-4-3-5-14(12-13)22-19-21-9-8-16(23-19)18-20-10-11-25-18/h1-12,24H,(H,21,22,23). The summed E-state index contributed by atoms with van der Waals surface area (Å²) in [4.78, 5) is 13.0. The summed E-state index contributed by atoms with van der Waals surface area (Å²) in [5, 5.41) is 16.0. The highest BCUT2D eigenvalue weighted by atomic mass is 32.1. The molecular weight excluding hydrogens is 332 g/mol. The van der Waals surface area contributed by atoms with E-state index in [-0.39, 0.29) is 5.75 Å². The van der Waals surface area contributed by atoms with Crippen molar-refractivity contribution in [3.8, 4) is 27.6 Å². The molecule has 4 aromatic rings. The van der Waals surface area contributed by atoms with Crippen molar-refractivity contribution in [1.82, 2.24) is 15.0 Å². The minimum absolute atomic E-state index is 0.252. The zero-order valence-electron chi connectivity index (χ0n) is 13.1. The summed E-state index contributed by atoms with van der Waals surface area (Å²) in [6, 6.07) is 16.9. The summed E-state index contributed by atoms with van der Waals surface area (Å²) >= 11 is 1.54. The van der Waals surface area contributed by atoms with Gasteiger partial charge in [0.1, 0.15) is 16.5 Å². The molecule has 0 saturated carbocycles. The van der Waals surface area contributed by atoms with Crippen molar-refractivity contribution in [3.05, 3.63) is 72.4 Å². The zero-order valence-corrected chi connectivity index (χ0v) is 13.9. The minimum atomic E-state index is 0.252. The van der Waals surface area contributed by atoms with E-state index in [9.17, 15) is 5.11 Å². The fourth-order valence-corrected chi connectivity index (χ4v) is 3.11. The molecule has 2 aromatic carbocycles. The van der Waals surface area contributed by atoms with Gasteiger partial charge in [-0.25, -0.2) is 15.0 Å². The van der Waals surface area contributed by atoms with Crippen LogP contribution < -0.4 is 5.32 Å². The fraction of sp³-hybridized carbons (Fsp3) is 0. The van der Waals surface area contributed by atoms with Crippen molar-refractivity contribution in [2.45, 2.75) is 0 Å². The predicted octanol–water partition coefficient (Wildman–Crippen LogP) is 4.72. The molecule has 2 aromatic heterocycles. The smallest absolute Gasteiger partial charge is 0.227 e. The predicted molar refractivity (Wildman–Crippen MR) is 100.0 cm³/mol. The Hall–Kier alpha value is -3.25. The average molecular weight is 346 g/mol. The number of aromatic nitrogens is 3. The van der Waals surface area contributed by atoms with E-state index < -0.39 is 0 Å².